The minimum absolute atomic E-state index is 0.00244. The zero-order valence-electron chi connectivity index (χ0n) is 26.4. The molecule has 1 saturated heterocycles. The van der Waals surface area contributed by atoms with Crippen LogP contribution in [0.25, 0.3) is 0 Å². The van der Waals surface area contributed by atoms with Gasteiger partial charge >= 0.3 is 12.1 Å². The van der Waals surface area contributed by atoms with Crippen molar-refractivity contribution in [2.24, 2.45) is 4.99 Å². The Morgan fingerprint density at radius 3 is 2.29 bits per heavy atom. The first-order chi connectivity index (χ1) is 23.2. The molecule has 12 heteroatoms. The lowest BCUT2D eigenvalue weighted by Crippen LogP contribution is -2.55. The van der Waals surface area contributed by atoms with Gasteiger partial charge in [0.25, 0.3) is 0 Å². The summed E-state index contributed by atoms with van der Waals surface area (Å²) in [5, 5.41) is 0. The molecule has 4 aromatic carbocycles. The number of methoxy groups -OCH3 is 2. The number of anilines is 2. The lowest BCUT2D eigenvalue weighted by molar-refractivity contribution is -0.145. The van der Waals surface area contributed by atoms with Crippen molar-refractivity contribution in [2.45, 2.75) is 25.2 Å². The van der Waals surface area contributed by atoms with Crippen molar-refractivity contribution in [3.05, 3.63) is 114 Å². The topological polar surface area (TPSA) is 66.8 Å². The van der Waals surface area contributed by atoms with Crippen LogP contribution in [0.2, 0.25) is 0 Å². The molecule has 0 N–H and O–H groups in total. The van der Waals surface area contributed by atoms with E-state index >= 15 is 4.39 Å². The lowest BCUT2D eigenvalue weighted by atomic mass is 9.96. The second-order valence-electron chi connectivity index (χ2n) is 11.4. The van der Waals surface area contributed by atoms with Crippen LogP contribution in [0.1, 0.15) is 29.2 Å². The largest absolute Gasteiger partial charge is 0.497 e. The standard InChI is InChI=1S/C36H34F4N4O4/c1-46-27-11-6-10-26(21-27)42-16-18-43(19-17-42)35-41-34-28(12-7-13-29(34)37)30(22-33(45)48-23-24-8-4-3-5-9-24)44(35)31-20-25(36(38,39)40)14-15-32(31)47-2/h3-15,20-21,30H,16-19,22-23H2,1-2H3/t30-/m0/s1. The van der Waals surface area contributed by atoms with E-state index in [1.165, 1.54) is 25.3 Å². The van der Waals surface area contributed by atoms with Crippen molar-refractivity contribution in [3.63, 3.8) is 0 Å². The molecular formula is C36H34F4N4O4. The second-order valence-corrected chi connectivity index (χ2v) is 11.4. The number of guanidine groups is 1. The molecule has 48 heavy (non-hydrogen) atoms. The van der Waals surface area contributed by atoms with Gasteiger partial charge in [-0.3, -0.25) is 4.79 Å². The molecule has 250 valence electrons. The predicted molar refractivity (Wildman–Crippen MR) is 174 cm³/mol. The maximum atomic E-state index is 15.5. The maximum Gasteiger partial charge on any atom is 0.416 e. The summed E-state index contributed by atoms with van der Waals surface area (Å²) in [5.41, 5.74) is 1.21. The molecular weight excluding hydrogens is 628 g/mol. The Balaban J connectivity index is 1.40. The highest BCUT2D eigenvalue weighted by Crippen LogP contribution is 2.46. The van der Waals surface area contributed by atoms with Gasteiger partial charge in [-0.05, 0) is 42.0 Å². The summed E-state index contributed by atoms with van der Waals surface area (Å²) < 4.78 is 74.4. The number of benzene rings is 4. The zero-order chi connectivity index (χ0) is 33.8. The predicted octanol–water partition coefficient (Wildman–Crippen LogP) is 7.37. The van der Waals surface area contributed by atoms with Gasteiger partial charge in [0.2, 0.25) is 5.96 Å². The van der Waals surface area contributed by atoms with Gasteiger partial charge in [0.1, 0.15) is 29.6 Å². The van der Waals surface area contributed by atoms with Gasteiger partial charge in [0.05, 0.1) is 37.9 Å². The highest BCUT2D eigenvalue weighted by molar-refractivity contribution is 6.02. The van der Waals surface area contributed by atoms with Gasteiger partial charge in [0.15, 0.2) is 0 Å². The molecule has 0 saturated carbocycles. The molecule has 8 nitrogen and oxygen atoms in total. The number of hydrogen-bond donors (Lipinski definition) is 0. The molecule has 4 aromatic rings. The molecule has 6 rings (SSSR count). The molecule has 0 aromatic heterocycles. The summed E-state index contributed by atoms with van der Waals surface area (Å²) in [7, 11) is 2.95. The fourth-order valence-corrected chi connectivity index (χ4v) is 6.03. The fourth-order valence-electron chi connectivity index (χ4n) is 6.03. The summed E-state index contributed by atoms with van der Waals surface area (Å²) in [6.07, 6.45) is -4.96. The average Bonchev–Trinajstić information content (AvgIpc) is 3.11. The van der Waals surface area contributed by atoms with E-state index in [4.69, 9.17) is 19.2 Å². The number of esters is 1. The highest BCUT2D eigenvalue weighted by atomic mass is 19.4. The van der Waals surface area contributed by atoms with E-state index < -0.39 is 29.6 Å². The molecule has 0 radical (unpaired) electrons. The van der Waals surface area contributed by atoms with Gasteiger partial charge in [-0.2, -0.15) is 13.2 Å². The third-order valence-corrected chi connectivity index (χ3v) is 8.47. The number of nitrogens with zero attached hydrogens (tertiary/aromatic N) is 4. The molecule has 0 aliphatic carbocycles. The number of alkyl halides is 3. The number of fused-ring (bicyclic) bond motifs is 1. The van der Waals surface area contributed by atoms with Crippen molar-refractivity contribution in [1.29, 1.82) is 0 Å². The average molecular weight is 663 g/mol. The zero-order valence-corrected chi connectivity index (χ0v) is 26.4. The summed E-state index contributed by atoms with van der Waals surface area (Å²) >= 11 is 0. The Morgan fingerprint density at radius 1 is 0.854 bits per heavy atom. The van der Waals surface area contributed by atoms with Crippen LogP contribution < -0.4 is 19.3 Å². The monoisotopic (exact) mass is 662 g/mol. The van der Waals surface area contributed by atoms with E-state index in [2.05, 4.69) is 4.90 Å². The minimum atomic E-state index is -4.66. The van der Waals surface area contributed by atoms with Gasteiger partial charge in [-0.1, -0.05) is 48.5 Å². The Kier molecular flexibility index (Phi) is 9.42. The van der Waals surface area contributed by atoms with Crippen molar-refractivity contribution < 1.29 is 36.6 Å². The molecule has 0 bridgehead atoms. The molecule has 0 unspecified atom stereocenters. The van der Waals surface area contributed by atoms with Gasteiger partial charge in [-0.25, -0.2) is 9.38 Å². The third-order valence-electron chi connectivity index (χ3n) is 8.47. The number of aliphatic imine (C=N–C) groups is 1. The van der Waals surface area contributed by atoms with Crippen LogP contribution in [0.4, 0.5) is 34.6 Å². The van der Waals surface area contributed by atoms with Crippen molar-refractivity contribution in [1.82, 2.24) is 4.90 Å². The van der Waals surface area contributed by atoms with Gasteiger partial charge in [-0.15, -0.1) is 0 Å². The molecule has 0 amide bonds. The molecule has 2 heterocycles. The van der Waals surface area contributed by atoms with E-state index in [-0.39, 0.29) is 36.1 Å². The van der Waals surface area contributed by atoms with Crippen molar-refractivity contribution in [3.8, 4) is 11.5 Å². The van der Waals surface area contributed by atoms with Crippen LogP contribution in [0.15, 0.2) is 96.0 Å². The quantitative estimate of drug-likeness (QED) is 0.144. The molecule has 2 aliphatic rings. The number of para-hydroxylation sites is 1. The third kappa shape index (κ3) is 6.87. The Bertz CT molecular complexity index is 1790. The number of carbonyl (C=O) groups is 1. The number of rotatable bonds is 8. The van der Waals surface area contributed by atoms with Crippen LogP contribution in [0.5, 0.6) is 11.5 Å². The van der Waals surface area contributed by atoms with E-state index in [1.54, 1.807) is 18.1 Å². The minimum Gasteiger partial charge on any atom is -0.497 e. The van der Waals surface area contributed by atoms with Gasteiger partial charge < -0.3 is 28.9 Å². The molecule has 1 fully saturated rings. The Labute approximate surface area is 275 Å². The maximum absolute atomic E-state index is 15.5. The first-order valence-corrected chi connectivity index (χ1v) is 15.4. The van der Waals surface area contributed by atoms with Gasteiger partial charge in [0, 0.05) is 43.5 Å². The highest BCUT2D eigenvalue weighted by Gasteiger charge is 2.40. The van der Waals surface area contributed by atoms with Crippen LogP contribution in [0.3, 0.4) is 0 Å². The number of halogens is 4. The van der Waals surface area contributed by atoms with E-state index in [1.807, 2.05) is 59.5 Å². The van der Waals surface area contributed by atoms with Crippen molar-refractivity contribution in [2.75, 3.05) is 50.2 Å². The summed E-state index contributed by atoms with van der Waals surface area (Å²) in [6.45, 7) is 1.88. The Hall–Kier alpha value is -5.26. The van der Waals surface area contributed by atoms with Crippen LogP contribution in [-0.2, 0) is 22.3 Å². The second kappa shape index (κ2) is 13.8. The van der Waals surface area contributed by atoms with Crippen LogP contribution >= 0.6 is 0 Å². The number of piperazine rings is 1. The normalized spacial score (nSPS) is 16.2. The van der Waals surface area contributed by atoms with E-state index in [0.29, 0.717) is 37.5 Å². The summed E-state index contributed by atoms with van der Waals surface area (Å²) in [5.74, 6) is -0.175. The first kappa shape index (κ1) is 32.7. The molecule has 0 spiro atoms. The van der Waals surface area contributed by atoms with Crippen LogP contribution in [-0.4, -0.2) is 57.2 Å². The Morgan fingerprint density at radius 2 is 1.58 bits per heavy atom. The van der Waals surface area contributed by atoms with Crippen molar-refractivity contribution >= 4 is 29.0 Å². The fraction of sp³-hybridized carbons (Fsp3) is 0.278. The van der Waals surface area contributed by atoms with E-state index in [0.717, 1.165) is 23.4 Å². The smallest absolute Gasteiger partial charge is 0.416 e. The first-order valence-electron chi connectivity index (χ1n) is 15.4. The summed E-state index contributed by atoms with van der Waals surface area (Å²) in [4.78, 5) is 23.8. The molecule has 1 atom stereocenters. The van der Waals surface area contributed by atoms with Crippen LogP contribution in [0, 0.1) is 5.82 Å². The van der Waals surface area contributed by atoms with E-state index in [9.17, 15) is 18.0 Å². The summed E-state index contributed by atoms with van der Waals surface area (Å²) in [6, 6.07) is 23.3. The molecule has 2 aliphatic heterocycles. The SMILES string of the molecule is COc1cccc(N2CCN(C3=Nc4c(F)cccc4[C@H](CC(=O)OCc4ccccc4)N3c3cc(C(F)(F)F)ccc3OC)CC2)c1. The number of carbonyl (C=O) groups excluding carboxylic acids is 1. The number of ether oxygens (including phenoxy) is 3. The number of hydrogen-bond acceptors (Lipinski definition) is 8. The lowest BCUT2D eigenvalue weighted by Gasteiger charge is -2.45.